The highest BCUT2D eigenvalue weighted by Gasteiger charge is 2.18. The van der Waals surface area contributed by atoms with Gasteiger partial charge in [-0.15, -0.1) is 23.1 Å². The van der Waals surface area contributed by atoms with Crippen molar-refractivity contribution in [3.8, 4) is 0 Å². The minimum atomic E-state index is -0.373. The summed E-state index contributed by atoms with van der Waals surface area (Å²) >= 11 is 6.29. The number of halogens is 1. The van der Waals surface area contributed by atoms with Crippen LogP contribution >= 0.6 is 39.0 Å². The molecule has 1 heterocycles. The molecule has 0 aliphatic rings. The van der Waals surface area contributed by atoms with E-state index in [4.69, 9.17) is 4.74 Å². The van der Waals surface area contributed by atoms with Crippen LogP contribution in [-0.4, -0.2) is 24.2 Å². The van der Waals surface area contributed by atoms with Crippen LogP contribution in [0.15, 0.2) is 45.1 Å². The number of rotatable bonds is 6. The van der Waals surface area contributed by atoms with Crippen LogP contribution in [0, 0.1) is 0 Å². The molecule has 122 valence electrons. The van der Waals surface area contributed by atoms with Gasteiger partial charge < -0.3 is 10.1 Å². The molecule has 0 saturated heterocycles. The molecule has 1 N–H and O–H groups in total. The van der Waals surface area contributed by atoms with Gasteiger partial charge in [0.2, 0.25) is 0 Å². The van der Waals surface area contributed by atoms with E-state index < -0.39 is 0 Å². The fraction of sp³-hybridized carbons (Fsp3) is 0.250. The van der Waals surface area contributed by atoms with E-state index >= 15 is 0 Å². The van der Waals surface area contributed by atoms with E-state index in [2.05, 4.69) is 21.2 Å². The van der Waals surface area contributed by atoms with E-state index in [0.29, 0.717) is 12.1 Å². The normalized spacial score (nSPS) is 11.8. The summed E-state index contributed by atoms with van der Waals surface area (Å²) in [5.41, 5.74) is 0.559. The molecule has 1 aromatic heterocycles. The number of thioether (sulfide) groups is 1. The topological polar surface area (TPSA) is 55.4 Å². The second-order valence-electron chi connectivity index (χ2n) is 4.69. The fourth-order valence-electron chi connectivity index (χ4n) is 1.87. The van der Waals surface area contributed by atoms with Crippen molar-refractivity contribution in [2.24, 2.45) is 0 Å². The summed E-state index contributed by atoms with van der Waals surface area (Å²) in [5.74, 6) is -0.469. The van der Waals surface area contributed by atoms with Gasteiger partial charge in [-0.25, -0.2) is 0 Å². The zero-order valence-electron chi connectivity index (χ0n) is 12.7. The van der Waals surface area contributed by atoms with Gasteiger partial charge in [-0.3, -0.25) is 9.59 Å². The first-order valence-electron chi connectivity index (χ1n) is 6.86. The average molecular weight is 414 g/mol. The van der Waals surface area contributed by atoms with Gasteiger partial charge in [0.25, 0.3) is 5.91 Å². The first-order valence-corrected chi connectivity index (χ1v) is 9.41. The lowest BCUT2D eigenvalue weighted by atomic mass is 10.2. The van der Waals surface area contributed by atoms with Crippen LogP contribution in [-0.2, 0) is 16.1 Å². The third-order valence-electron chi connectivity index (χ3n) is 3.01. The number of methoxy groups -OCH3 is 1. The number of thiophene rings is 1. The smallest absolute Gasteiger partial charge is 0.318 e. The van der Waals surface area contributed by atoms with E-state index in [9.17, 15) is 9.59 Å². The van der Waals surface area contributed by atoms with Crippen LogP contribution < -0.4 is 5.32 Å². The van der Waals surface area contributed by atoms with E-state index in [1.54, 1.807) is 24.3 Å². The Labute approximate surface area is 151 Å². The van der Waals surface area contributed by atoms with Gasteiger partial charge >= 0.3 is 5.97 Å². The Morgan fingerprint density at radius 3 is 2.78 bits per heavy atom. The summed E-state index contributed by atoms with van der Waals surface area (Å²) in [7, 11) is 1.36. The quantitative estimate of drug-likeness (QED) is 0.572. The standard InChI is InChI=1S/C16H16BrNO3S2/c1-10(16(20)21-2)23-14-6-4-3-5-13(14)15(19)18-8-12-7-11(17)9-22-12/h3-7,9-10H,8H2,1-2H3,(H,18,19). The van der Waals surface area contributed by atoms with Gasteiger partial charge in [-0.1, -0.05) is 12.1 Å². The molecule has 1 atom stereocenters. The third-order valence-corrected chi connectivity index (χ3v) is 5.87. The number of benzene rings is 1. The molecule has 0 aliphatic heterocycles. The minimum Gasteiger partial charge on any atom is -0.468 e. The van der Waals surface area contributed by atoms with Crippen molar-refractivity contribution in [3.05, 3.63) is 50.6 Å². The molecule has 1 amide bonds. The summed E-state index contributed by atoms with van der Waals surface area (Å²) in [6.07, 6.45) is 0. The Hall–Kier alpha value is -1.31. The molecule has 1 aromatic carbocycles. The van der Waals surface area contributed by atoms with Gasteiger partial charge in [0, 0.05) is 19.6 Å². The monoisotopic (exact) mass is 413 g/mol. The zero-order valence-corrected chi connectivity index (χ0v) is 15.9. The maximum Gasteiger partial charge on any atom is 0.318 e. The number of hydrogen-bond acceptors (Lipinski definition) is 5. The number of hydrogen-bond donors (Lipinski definition) is 1. The molecule has 7 heteroatoms. The van der Waals surface area contributed by atoms with Gasteiger partial charge in [0.1, 0.15) is 5.25 Å². The van der Waals surface area contributed by atoms with Crippen LogP contribution in [0.4, 0.5) is 0 Å². The summed E-state index contributed by atoms with van der Waals surface area (Å²) in [6.45, 7) is 2.23. The molecule has 1 unspecified atom stereocenters. The predicted molar refractivity (Wildman–Crippen MR) is 97.0 cm³/mol. The van der Waals surface area contributed by atoms with Gasteiger partial charge in [0.15, 0.2) is 0 Å². The number of esters is 1. The maximum absolute atomic E-state index is 12.4. The second kappa shape index (κ2) is 8.52. The number of nitrogens with one attached hydrogen (secondary N) is 1. The van der Waals surface area contributed by atoms with E-state index in [1.165, 1.54) is 18.9 Å². The number of ether oxygens (including phenoxy) is 1. The summed E-state index contributed by atoms with van der Waals surface area (Å²) in [5, 5.41) is 4.51. The van der Waals surface area contributed by atoms with Crippen molar-refractivity contribution in [1.29, 1.82) is 0 Å². The lowest BCUT2D eigenvalue weighted by molar-refractivity contribution is -0.139. The van der Waals surface area contributed by atoms with Crippen LogP contribution in [0.25, 0.3) is 0 Å². The van der Waals surface area contributed by atoms with Crippen molar-refractivity contribution in [3.63, 3.8) is 0 Å². The van der Waals surface area contributed by atoms with Crippen molar-refractivity contribution >= 4 is 50.9 Å². The van der Waals surface area contributed by atoms with Crippen molar-refractivity contribution < 1.29 is 14.3 Å². The third kappa shape index (κ3) is 5.09. The predicted octanol–water partition coefficient (Wildman–Crippen LogP) is 4.09. The Kier molecular flexibility index (Phi) is 6.68. The fourth-order valence-corrected chi connectivity index (χ4v) is 4.28. The highest BCUT2D eigenvalue weighted by molar-refractivity contribution is 9.10. The van der Waals surface area contributed by atoms with E-state index in [1.807, 2.05) is 29.6 Å². The first kappa shape index (κ1) is 18.0. The number of amides is 1. The molecule has 4 nitrogen and oxygen atoms in total. The molecule has 0 radical (unpaired) electrons. The Bertz CT molecular complexity index is 702. The van der Waals surface area contributed by atoms with Crippen LogP contribution in [0.1, 0.15) is 22.2 Å². The molecular formula is C16H16BrNO3S2. The van der Waals surface area contributed by atoms with Crippen LogP contribution in [0.2, 0.25) is 0 Å². The summed E-state index contributed by atoms with van der Waals surface area (Å²) in [6, 6.07) is 9.22. The number of carbonyl (C=O) groups excluding carboxylic acids is 2. The summed E-state index contributed by atoms with van der Waals surface area (Å²) < 4.78 is 5.74. The lowest BCUT2D eigenvalue weighted by Crippen LogP contribution is -2.23. The molecule has 0 saturated carbocycles. The highest BCUT2D eigenvalue weighted by Crippen LogP contribution is 2.27. The van der Waals surface area contributed by atoms with Crippen LogP contribution in [0.5, 0.6) is 0 Å². The van der Waals surface area contributed by atoms with Gasteiger partial charge in [-0.2, -0.15) is 0 Å². The lowest BCUT2D eigenvalue weighted by Gasteiger charge is -2.12. The highest BCUT2D eigenvalue weighted by atomic mass is 79.9. The van der Waals surface area contributed by atoms with Crippen LogP contribution in [0.3, 0.4) is 0 Å². The van der Waals surface area contributed by atoms with Crippen molar-refractivity contribution in [1.82, 2.24) is 5.32 Å². The van der Waals surface area contributed by atoms with Gasteiger partial charge in [0.05, 0.1) is 19.2 Å². The molecule has 23 heavy (non-hydrogen) atoms. The molecule has 0 bridgehead atoms. The largest absolute Gasteiger partial charge is 0.468 e. The molecule has 2 rings (SSSR count). The molecule has 0 fully saturated rings. The number of carbonyl (C=O) groups is 2. The van der Waals surface area contributed by atoms with Gasteiger partial charge in [-0.05, 0) is 41.1 Å². The zero-order chi connectivity index (χ0) is 16.8. The summed E-state index contributed by atoms with van der Waals surface area (Å²) in [4.78, 5) is 25.8. The minimum absolute atomic E-state index is 0.158. The van der Waals surface area contributed by atoms with E-state index in [0.717, 1.165) is 14.2 Å². The molecule has 0 spiro atoms. The molecule has 0 aliphatic carbocycles. The Morgan fingerprint density at radius 2 is 2.13 bits per heavy atom. The SMILES string of the molecule is COC(=O)C(C)Sc1ccccc1C(=O)NCc1cc(Br)cs1. The Morgan fingerprint density at radius 1 is 1.39 bits per heavy atom. The second-order valence-corrected chi connectivity index (χ2v) is 7.99. The molecule has 2 aromatic rings. The van der Waals surface area contributed by atoms with Crippen molar-refractivity contribution in [2.45, 2.75) is 23.6 Å². The molecular weight excluding hydrogens is 398 g/mol. The Balaban J connectivity index is 2.06. The van der Waals surface area contributed by atoms with E-state index in [-0.39, 0.29) is 17.1 Å². The first-order chi connectivity index (χ1) is 11.0. The van der Waals surface area contributed by atoms with Crippen molar-refractivity contribution in [2.75, 3.05) is 7.11 Å². The maximum atomic E-state index is 12.4. The average Bonchev–Trinajstić information content (AvgIpc) is 2.97.